The molecule has 0 amide bonds. The highest BCUT2D eigenvalue weighted by atomic mass is 14.8. The van der Waals surface area contributed by atoms with Gasteiger partial charge in [-0.15, -0.1) is 0 Å². The van der Waals surface area contributed by atoms with Crippen LogP contribution in [0, 0.1) is 11.8 Å². The van der Waals surface area contributed by atoms with Crippen LogP contribution < -0.4 is 5.32 Å². The molecule has 14 heavy (non-hydrogen) atoms. The number of hydrogen-bond donors (Lipinski definition) is 1. The van der Waals surface area contributed by atoms with Gasteiger partial charge in [-0.1, -0.05) is 47.0 Å². The molecule has 0 bridgehead atoms. The highest BCUT2D eigenvalue weighted by Gasteiger charge is 2.05. The first kappa shape index (κ1) is 14.0. The first-order chi connectivity index (χ1) is 6.70. The second-order valence-electron chi connectivity index (χ2n) is 4.78. The minimum absolute atomic E-state index is 0.848. The van der Waals surface area contributed by atoms with Gasteiger partial charge < -0.3 is 5.32 Å². The summed E-state index contributed by atoms with van der Waals surface area (Å²) in [6.45, 7) is 11.6. The maximum absolute atomic E-state index is 3.49. The summed E-state index contributed by atoms with van der Waals surface area (Å²) in [5.74, 6) is 1.77. The minimum Gasteiger partial charge on any atom is -0.316 e. The third kappa shape index (κ3) is 8.55. The van der Waals surface area contributed by atoms with Crippen molar-refractivity contribution in [2.75, 3.05) is 13.1 Å². The van der Waals surface area contributed by atoms with Gasteiger partial charge in [-0.05, 0) is 37.8 Å². The number of hydrogen-bond acceptors (Lipinski definition) is 1. The fourth-order valence-corrected chi connectivity index (χ4v) is 1.83. The van der Waals surface area contributed by atoms with Gasteiger partial charge in [-0.25, -0.2) is 0 Å². The van der Waals surface area contributed by atoms with Crippen LogP contribution in [0.3, 0.4) is 0 Å². The zero-order chi connectivity index (χ0) is 10.8. The zero-order valence-corrected chi connectivity index (χ0v) is 10.6. The van der Waals surface area contributed by atoms with Crippen molar-refractivity contribution in [3.8, 4) is 0 Å². The second kappa shape index (κ2) is 9.51. The molecule has 1 heteroatoms. The van der Waals surface area contributed by atoms with Crippen LogP contribution in [0.2, 0.25) is 0 Å². The molecular weight excluding hydrogens is 170 g/mol. The van der Waals surface area contributed by atoms with Crippen LogP contribution >= 0.6 is 0 Å². The molecule has 0 saturated heterocycles. The van der Waals surface area contributed by atoms with Gasteiger partial charge in [0.1, 0.15) is 0 Å². The van der Waals surface area contributed by atoms with Crippen molar-refractivity contribution >= 4 is 0 Å². The van der Waals surface area contributed by atoms with Crippen molar-refractivity contribution in [1.29, 1.82) is 0 Å². The minimum atomic E-state index is 0.848. The average molecular weight is 199 g/mol. The number of nitrogens with one attached hydrogen (secondary N) is 1. The maximum Gasteiger partial charge on any atom is -0.00232 e. The Bertz CT molecular complexity index is 112. The SMILES string of the molecule is CCCNCC(C)CCC(C)CCC. The molecule has 0 aliphatic carbocycles. The lowest BCUT2D eigenvalue weighted by atomic mass is 9.95. The van der Waals surface area contributed by atoms with E-state index in [9.17, 15) is 0 Å². The van der Waals surface area contributed by atoms with Crippen molar-refractivity contribution in [2.24, 2.45) is 11.8 Å². The summed E-state index contributed by atoms with van der Waals surface area (Å²) in [6.07, 6.45) is 6.78. The Morgan fingerprint density at radius 2 is 1.50 bits per heavy atom. The largest absolute Gasteiger partial charge is 0.316 e. The fraction of sp³-hybridized carbons (Fsp3) is 1.00. The third-order valence-corrected chi connectivity index (χ3v) is 2.85. The fourth-order valence-electron chi connectivity index (χ4n) is 1.83. The van der Waals surface area contributed by atoms with Crippen molar-refractivity contribution < 1.29 is 0 Å². The van der Waals surface area contributed by atoms with E-state index in [1.165, 1.54) is 45.2 Å². The standard InChI is InChI=1S/C13H29N/c1-5-7-12(3)8-9-13(4)11-14-10-6-2/h12-14H,5-11H2,1-4H3. The van der Waals surface area contributed by atoms with Gasteiger partial charge in [0.15, 0.2) is 0 Å². The molecule has 0 aromatic carbocycles. The predicted octanol–water partition coefficient (Wildman–Crippen LogP) is 3.84. The molecule has 0 radical (unpaired) electrons. The summed E-state index contributed by atoms with van der Waals surface area (Å²) in [7, 11) is 0. The summed E-state index contributed by atoms with van der Waals surface area (Å²) in [5, 5.41) is 3.49. The van der Waals surface area contributed by atoms with Crippen molar-refractivity contribution in [2.45, 2.75) is 59.8 Å². The lowest BCUT2D eigenvalue weighted by Crippen LogP contribution is -2.22. The monoisotopic (exact) mass is 199 g/mol. The van der Waals surface area contributed by atoms with Crippen LogP contribution in [-0.2, 0) is 0 Å². The van der Waals surface area contributed by atoms with E-state index in [0.29, 0.717) is 0 Å². The second-order valence-corrected chi connectivity index (χ2v) is 4.78. The first-order valence-electron chi connectivity index (χ1n) is 6.41. The smallest absolute Gasteiger partial charge is 0.00232 e. The lowest BCUT2D eigenvalue weighted by molar-refractivity contribution is 0.396. The molecule has 2 atom stereocenters. The molecule has 1 nitrogen and oxygen atoms in total. The van der Waals surface area contributed by atoms with E-state index in [1.807, 2.05) is 0 Å². The topological polar surface area (TPSA) is 12.0 Å². The van der Waals surface area contributed by atoms with Crippen molar-refractivity contribution in [3.63, 3.8) is 0 Å². The van der Waals surface area contributed by atoms with E-state index >= 15 is 0 Å². The Morgan fingerprint density at radius 3 is 2.07 bits per heavy atom. The molecule has 1 N–H and O–H groups in total. The Hall–Kier alpha value is -0.0400. The van der Waals surface area contributed by atoms with Crippen LogP contribution in [-0.4, -0.2) is 13.1 Å². The van der Waals surface area contributed by atoms with Gasteiger partial charge in [0.05, 0.1) is 0 Å². The van der Waals surface area contributed by atoms with Gasteiger partial charge in [0.25, 0.3) is 0 Å². The predicted molar refractivity (Wildman–Crippen MR) is 65.6 cm³/mol. The Morgan fingerprint density at radius 1 is 0.857 bits per heavy atom. The Labute approximate surface area is 90.7 Å². The van der Waals surface area contributed by atoms with Gasteiger partial charge >= 0.3 is 0 Å². The van der Waals surface area contributed by atoms with E-state index in [4.69, 9.17) is 0 Å². The molecule has 0 fully saturated rings. The molecule has 86 valence electrons. The molecule has 0 aliphatic rings. The average Bonchev–Trinajstić information content (AvgIpc) is 2.16. The summed E-state index contributed by atoms with van der Waals surface area (Å²) in [6, 6.07) is 0. The van der Waals surface area contributed by atoms with Gasteiger partial charge in [-0.3, -0.25) is 0 Å². The van der Waals surface area contributed by atoms with E-state index in [1.54, 1.807) is 0 Å². The lowest BCUT2D eigenvalue weighted by Gasteiger charge is -2.15. The quantitative estimate of drug-likeness (QED) is 0.556. The number of rotatable bonds is 9. The van der Waals surface area contributed by atoms with E-state index < -0.39 is 0 Å². The van der Waals surface area contributed by atoms with Crippen molar-refractivity contribution in [1.82, 2.24) is 5.32 Å². The molecule has 2 unspecified atom stereocenters. The van der Waals surface area contributed by atoms with Crippen LogP contribution in [0.25, 0.3) is 0 Å². The molecule has 0 heterocycles. The molecule has 0 aliphatic heterocycles. The van der Waals surface area contributed by atoms with Gasteiger partial charge in [0, 0.05) is 0 Å². The molecule has 0 spiro atoms. The normalized spacial score (nSPS) is 15.4. The molecule has 0 aromatic heterocycles. The van der Waals surface area contributed by atoms with E-state index in [0.717, 1.165) is 11.8 Å². The zero-order valence-electron chi connectivity index (χ0n) is 10.6. The van der Waals surface area contributed by atoms with E-state index in [2.05, 4.69) is 33.0 Å². The van der Waals surface area contributed by atoms with Gasteiger partial charge in [-0.2, -0.15) is 0 Å². The Balaban J connectivity index is 3.29. The molecule has 0 rings (SSSR count). The third-order valence-electron chi connectivity index (χ3n) is 2.85. The van der Waals surface area contributed by atoms with Crippen LogP contribution in [0.5, 0.6) is 0 Å². The summed E-state index contributed by atoms with van der Waals surface area (Å²) < 4.78 is 0. The molecular formula is C13H29N. The summed E-state index contributed by atoms with van der Waals surface area (Å²) in [4.78, 5) is 0. The van der Waals surface area contributed by atoms with Crippen molar-refractivity contribution in [3.05, 3.63) is 0 Å². The highest BCUT2D eigenvalue weighted by Crippen LogP contribution is 2.15. The van der Waals surface area contributed by atoms with Crippen LogP contribution in [0.4, 0.5) is 0 Å². The first-order valence-corrected chi connectivity index (χ1v) is 6.41. The van der Waals surface area contributed by atoms with E-state index in [-0.39, 0.29) is 0 Å². The van der Waals surface area contributed by atoms with Gasteiger partial charge in [0.2, 0.25) is 0 Å². The Kier molecular flexibility index (Phi) is 9.49. The molecule has 0 saturated carbocycles. The summed E-state index contributed by atoms with van der Waals surface area (Å²) in [5.41, 5.74) is 0. The summed E-state index contributed by atoms with van der Waals surface area (Å²) >= 11 is 0. The highest BCUT2D eigenvalue weighted by molar-refractivity contribution is 4.60. The van der Waals surface area contributed by atoms with Crippen LogP contribution in [0.15, 0.2) is 0 Å². The maximum atomic E-state index is 3.49. The molecule has 0 aromatic rings. The van der Waals surface area contributed by atoms with Crippen LogP contribution in [0.1, 0.15) is 59.8 Å².